The van der Waals surface area contributed by atoms with Gasteiger partial charge in [0.05, 0.1) is 23.8 Å². The molecule has 216 valence electrons. The van der Waals surface area contributed by atoms with Gasteiger partial charge in [-0.25, -0.2) is 4.79 Å². The number of hydrogen-bond donors (Lipinski definition) is 3. The summed E-state index contributed by atoms with van der Waals surface area (Å²) in [5.74, 6) is -2.11. The number of ether oxygens (including phenoxy) is 1. The number of aliphatic hydroxyl groups excluding tert-OH is 1. The maximum Gasteiger partial charge on any atom is 0.344 e. The van der Waals surface area contributed by atoms with E-state index in [9.17, 15) is 24.6 Å². The maximum absolute atomic E-state index is 14.5. The fourth-order valence-electron chi connectivity index (χ4n) is 4.75. The van der Waals surface area contributed by atoms with Crippen molar-refractivity contribution in [1.29, 1.82) is 0 Å². The largest absolute Gasteiger partial charge is 0.479 e. The lowest BCUT2D eigenvalue weighted by Crippen LogP contribution is -2.62. The van der Waals surface area contributed by atoms with Gasteiger partial charge in [0.1, 0.15) is 0 Å². The number of aliphatic hydroxyl groups is 1. The Morgan fingerprint density at radius 2 is 1.58 bits per heavy atom. The van der Waals surface area contributed by atoms with Crippen LogP contribution in [0.1, 0.15) is 79.7 Å². The summed E-state index contributed by atoms with van der Waals surface area (Å²) in [5, 5.41) is 23.4. The Morgan fingerprint density at radius 1 is 1.00 bits per heavy atom. The van der Waals surface area contributed by atoms with Gasteiger partial charge in [-0.1, -0.05) is 51.1 Å². The van der Waals surface area contributed by atoms with Crippen LogP contribution in [0, 0.1) is 11.8 Å². The lowest BCUT2D eigenvalue weighted by atomic mass is 9.81. The van der Waals surface area contributed by atoms with Gasteiger partial charge in [0.15, 0.2) is 5.78 Å². The Labute approximate surface area is 229 Å². The predicted octanol–water partition coefficient (Wildman–Crippen LogP) is 4.09. The molecule has 0 aromatic heterocycles. The van der Waals surface area contributed by atoms with Crippen LogP contribution in [0.3, 0.4) is 0 Å². The molecular formula is C30H50N2O6. The van der Waals surface area contributed by atoms with E-state index in [1.807, 2.05) is 26.8 Å². The molecule has 8 nitrogen and oxygen atoms in total. The predicted molar refractivity (Wildman–Crippen MR) is 150 cm³/mol. The number of carboxylic acids is 1. The SMILES string of the molecule is CN[C@@H](CC(C)C)C(=O)N(C)[C@@H](CC(C)CCC(C)O)C(=O)C(Cc1ccccc1)(OC(C)(C)C)C(=O)O. The number of aliphatic carboxylic acids is 1. The van der Waals surface area contributed by atoms with Gasteiger partial charge in [0.25, 0.3) is 0 Å². The molecular weight excluding hydrogens is 484 g/mol. The van der Waals surface area contributed by atoms with Crippen LogP contribution < -0.4 is 5.32 Å². The first-order valence-corrected chi connectivity index (χ1v) is 13.7. The third-order valence-corrected chi connectivity index (χ3v) is 6.69. The molecule has 0 heterocycles. The van der Waals surface area contributed by atoms with E-state index in [1.54, 1.807) is 66.1 Å². The van der Waals surface area contributed by atoms with Crippen molar-refractivity contribution in [2.24, 2.45) is 11.8 Å². The lowest BCUT2D eigenvalue weighted by molar-refractivity contribution is -0.192. The van der Waals surface area contributed by atoms with E-state index in [1.165, 1.54) is 4.90 Å². The van der Waals surface area contributed by atoms with Crippen LogP contribution in [0.5, 0.6) is 0 Å². The number of benzene rings is 1. The Morgan fingerprint density at radius 3 is 2.03 bits per heavy atom. The summed E-state index contributed by atoms with van der Waals surface area (Å²) in [6.45, 7) is 12.9. The van der Waals surface area contributed by atoms with Gasteiger partial charge in [0.2, 0.25) is 11.5 Å². The number of likely N-dealkylation sites (N-methyl/N-ethyl adjacent to an activating group) is 2. The second kappa shape index (κ2) is 14.8. The molecule has 0 aliphatic rings. The standard InChI is InChI=1S/C30H50N2O6/c1-20(2)17-24(31-8)27(35)32(9)25(18-21(3)15-16-22(4)33)26(34)30(28(36)37,38-29(5,6)7)19-23-13-11-10-12-14-23/h10-14,20-22,24-25,31,33H,15-19H2,1-9H3,(H,36,37)/t21?,22?,24-,25-,30?/m0/s1. The number of amides is 1. The highest BCUT2D eigenvalue weighted by Gasteiger charge is 2.53. The summed E-state index contributed by atoms with van der Waals surface area (Å²) < 4.78 is 6.15. The topological polar surface area (TPSA) is 116 Å². The Bertz CT molecular complexity index is 896. The fraction of sp³-hybridized carbons (Fsp3) is 0.700. The van der Waals surface area contributed by atoms with Crippen molar-refractivity contribution in [2.45, 2.75) is 110 Å². The van der Waals surface area contributed by atoms with Crippen molar-refractivity contribution in [3.63, 3.8) is 0 Å². The number of Topliss-reactive ketones (excluding diaryl/α,β-unsaturated/α-hetero) is 1. The van der Waals surface area contributed by atoms with Gasteiger partial charge < -0.3 is 25.2 Å². The minimum Gasteiger partial charge on any atom is -0.479 e. The van der Waals surface area contributed by atoms with Gasteiger partial charge in [-0.05, 0) is 77.8 Å². The van der Waals surface area contributed by atoms with Gasteiger partial charge >= 0.3 is 5.97 Å². The van der Waals surface area contributed by atoms with Crippen molar-refractivity contribution in [3.8, 4) is 0 Å². The molecule has 1 aromatic rings. The lowest BCUT2D eigenvalue weighted by Gasteiger charge is -2.40. The fourth-order valence-corrected chi connectivity index (χ4v) is 4.75. The van der Waals surface area contributed by atoms with Crippen molar-refractivity contribution in [2.75, 3.05) is 14.1 Å². The molecule has 0 radical (unpaired) electrons. The van der Waals surface area contributed by atoms with E-state index >= 15 is 0 Å². The van der Waals surface area contributed by atoms with Crippen molar-refractivity contribution in [1.82, 2.24) is 10.2 Å². The molecule has 38 heavy (non-hydrogen) atoms. The molecule has 1 amide bonds. The van der Waals surface area contributed by atoms with Crippen LogP contribution in [0.4, 0.5) is 0 Å². The Kier molecular flexibility index (Phi) is 13.1. The summed E-state index contributed by atoms with van der Waals surface area (Å²) in [6.07, 6.45) is 1.34. The number of carbonyl (C=O) groups excluding carboxylic acids is 2. The minimum absolute atomic E-state index is 0.0511. The number of carboxylic acid groups (broad SMARTS) is 1. The third-order valence-electron chi connectivity index (χ3n) is 6.69. The second-order valence-corrected chi connectivity index (χ2v) is 12.1. The first-order valence-electron chi connectivity index (χ1n) is 13.7. The van der Waals surface area contributed by atoms with E-state index in [2.05, 4.69) is 5.32 Å². The van der Waals surface area contributed by atoms with Gasteiger partial charge in [0, 0.05) is 13.5 Å². The zero-order valence-corrected chi connectivity index (χ0v) is 24.8. The average Bonchev–Trinajstić information content (AvgIpc) is 2.82. The van der Waals surface area contributed by atoms with Crippen LogP contribution in [0.2, 0.25) is 0 Å². The zero-order chi connectivity index (χ0) is 29.3. The van der Waals surface area contributed by atoms with E-state index in [-0.39, 0.29) is 30.6 Å². The van der Waals surface area contributed by atoms with Crippen LogP contribution in [-0.2, 0) is 25.5 Å². The number of nitrogens with one attached hydrogen (secondary N) is 1. The summed E-state index contributed by atoms with van der Waals surface area (Å²) in [4.78, 5) is 42.5. The quantitative estimate of drug-likeness (QED) is 0.274. The van der Waals surface area contributed by atoms with Gasteiger partial charge in [-0.15, -0.1) is 0 Å². The van der Waals surface area contributed by atoms with Gasteiger partial charge in [-0.2, -0.15) is 0 Å². The molecule has 0 fully saturated rings. The summed E-state index contributed by atoms with van der Waals surface area (Å²) in [7, 11) is 3.28. The van der Waals surface area contributed by atoms with Crippen LogP contribution >= 0.6 is 0 Å². The molecule has 3 N–H and O–H groups in total. The molecule has 0 aliphatic heterocycles. The Hall–Kier alpha value is -2.29. The highest BCUT2D eigenvalue weighted by atomic mass is 16.6. The highest BCUT2D eigenvalue weighted by Crippen LogP contribution is 2.31. The highest BCUT2D eigenvalue weighted by molar-refractivity contribution is 6.10. The number of carbonyl (C=O) groups is 3. The minimum atomic E-state index is -2.20. The summed E-state index contributed by atoms with van der Waals surface area (Å²) in [5.41, 5.74) is -2.50. The molecule has 0 saturated carbocycles. The van der Waals surface area contributed by atoms with E-state index in [0.29, 0.717) is 24.8 Å². The summed E-state index contributed by atoms with van der Waals surface area (Å²) >= 11 is 0. The molecule has 0 bridgehead atoms. The molecule has 0 saturated heterocycles. The molecule has 0 spiro atoms. The van der Waals surface area contributed by atoms with Crippen molar-refractivity contribution < 1.29 is 29.3 Å². The van der Waals surface area contributed by atoms with E-state index < -0.39 is 41.1 Å². The molecule has 0 aliphatic carbocycles. The zero-order valence-electron chi connectivity index (χ0n) is 24.8. The number of rotatable bonds is 16. The third kappa shape index (κ3) is 10.1. The normalized spacial score (nSPS) is 16.8. The Balaban J connectivity index is 3.62. The summed E-state index contributed by atoms with van der Waals surface area (Å²) in [6, 6.07) is 7.40. The van der Waals surface area contributed by atoms with Crippen LogP contribution in [0.25, 0.3) is 0 Å². The first-order chi connectivity index (χ1) is 17.5. The monoisotopic (exact) mass is 534 g/mol. The molecule has 5 atom stereocenters. The molecule has 1 aromatic carbocycles. The molecule has 1 rings (SSSR count). The second-order valence-electron chi connectivity index (χ2n) is 12.1. The van der Waals surface area contributed by atoms with Crippen molar-refractivity contribution in [3.05, 3.63) is 35.9 Å². The number of hydrogen-bond acceptors (Lipinski definition) is 6. The smallest absolute Gasteiger partial charge is 0.344 e. The molecule has 3 unspecified atom stereocenters. The number of nitrogens with zero attached hydrogens (tertiary/aromatic N) is 1. The maximum atomic E-state index is 14.5. The van der Waals surface area contributed by atoms with Gasteiger partial charge in [-0.3, -0.25) is 9.59 Å². The number of ketones is 1. The average molecular weight is 535 g/mol. The van der Waals surface area contributed by atoms with Crippen molar-refractivity contribution >= 4 is 17.7 Å². The van der Waals surface area contributed by atoms with Crippen LogP contribution in [-0.4, -0.2) is 76.3 Å². The van der Waals surface area contributed by atoms with E-state index in [0.717, 1.165) is 0 Å². The first kappa shape index (κ1) is 33.7. The van der Waals surface area contributed by atoms with E-state index in [4.69, 9.17) is 4.74 Å². The van der Waals surface area contributed by atoms with Crippen LogP contribution in [0.15, 0.2) is 30.3 Å². The molecule has 8 heteroatoms.